The van der Waals surface area contributed by atoms with Gasteiger partial charge in [-0.25, -0.2) is 2.78 Å². The Morgan fingerprint density at radius 3 is 2.53 bits per heavy atom. The van der Waals surface area contributed by atoms with Crippen molar-refractivity contribution in [3.63, 3.8) is 0 Å². The fraction of sp³-hybridized carbons (Fsp3) is 0.143. The minimum atomic E-state index is -4.47. The molecule has 0 bridgehead atoms. The number of alkyl halides is 3. The van der Waals surface area contributed by atoms with Crippen LogP contribution in [-0.4, -0.2) is 13.0 Å². The van der Waals surface area contributed by atoms with Crippen molar-refractivity contribution >= 4 is 34.2 Å². The lowest BCUT2D eigenvalue weighted by molar-refractivity contribution is -0.145. The Kier molecular flexibility index (Phi) is 2.71. The minimum absolute atomic E-state index is 0.220. The largest absolute Gasteiger partial charge is 0.452 e. The highest BCUT2D eigenvalue weighted by atomic mass is 127. The summed E-state index contributed by atoms with van der Waals surface area (Å²) in [6.45, 7) is 0. The predicted molar refractivity (Wildman–Crippen MR) is 57.8 cm³/mol. The van der Waals surface area contributed by atoms with E-state index < -0.39 is 12.0 Å². The fourth-order valence-corrected chi connectivity index (χ4v) is 2.58. The third-order valence-electron chi connectivity index (χ3n) is 1.61. The molecule has 0 unspecified atom stereocenters. The van der Waals surface area contributed by atoms with E-state index in [1.165, 1.54) is 11.3 Å². The molecule has 8 heteroatoms. The van der Waals surface area contributed by atoms with Gasteiger partial charge in [0.2, 0.25) is 5.82 Å². The molecule has 0 N–H and O–H groups in total. The van der Waals surface area contributed by atoms with Crippen LogP contribution in [0.4, 0.5) is 13.2 Å². The number of aromatic nitrogens is 3. The highest BCUT2D eigenvalue weighted by Crippen LogP contribution is 2.33. The van der Waals surface area contributed by atoms with Crippen LogP contribution in [0.5, 0.6) is 0 Å². The van der Waals surface area contributed by atoms with Gasteiger partial charge in [-0.2, -0.15) is 13.2 Å². The van der Waals surface area contributed by atoms with Crippen molar-refractivity contribution in [2.24, 2.45) is 0 Å². The lowest BCUT2D eigenvalue weighted by atomic mass is 10.4. The molecular weight excluding hydrogens is 342 g/mol. The molecule has 0 atom stereocenters. The minimum Gasteiger partial charge on any atom is -0.241 e. The molecule has 0 aliphatic rings. The summed E-state index contributed by atoms with van der Waals surface area (Å²) in [4.78, 5) is 0.660. The van der Waals surface area contributed by atoms with Crippen molar-refractivity contribution in [2.75, 3.05) is 0 Å². The Bertz CT molecular complexity index is 462. The fourth-order valence-electron chi connectivity index (χ4n) is 0.993. The number of hydrogen-bond donors (Lipinski definition) is 0. The van der Waals surface area contributed by atoms with E-state index in [1.54, 1.807) is 40.4 Å². The van der Waals surface area contributed by atoms with Crippen LogP contribution < -0.4 is 0 Å². The summed E-state index contributed by atoms with van der Waals surface area (Å²) in [7, 11) is 0. The highest BCUT2D eigenvalue weighted by Gasteiger charge is 2.38. The van der Waals surface area contributed by atoms with Crippen molar-refractivity contribution in [1.29, 1.82) is 0 Å². The second-order valence-electron chi connectivity index (χ2n) is 2.60. The summed E-state index contributed by atoms with van der Waals surface area (Å²) >= 11 is 2.86. The van der Waals surface area contributed by atoms with E-state index in [2.05, 4.69) is 10.2 Å². The third kappa shape index (κ3) is 2.00. The van der Waals surface area contributed by atoms with Gasteiger partial charge in [0.25, 0.3) is 0 Å². The maximum Gasteiger partial charge on any atom is 0.452 e. The van der Waals surface area contributed by atoms with Crippen LogP contribution in [0, 0.1) is 0 Å². The van der Waals surface area contributed by atoms with Crippen LogP contribution >= 0.6 is 34.2 Å². The van der Waals surface area contributed by atoms with Gasteiger partial charge in [0.05, 0.1) is 27.7 Å². The first-order chi connectivity index (χ1) is 7.00. The molecule has 0 aromatic carbocycles. The van der Waals surface area contributed by atoms with E-state index >= 15 is 0 Å². The Balaban J connectivity index is 2.50. The van der Waals surface area contributed by atoms with Gasteiger partial charge >= 0.3 is 6.18 Å². The average Bonchev–Trinajstić information content (AvgIpc) is 2.69. The number of thiophene rings is 1. The van der Waals surface area contributed by atoms with Gasteiger partial charge in [0.1, 0.15) is 0 Å². The Morgan fingerprint density at radius 2 is 2.07 bits per heavy atom. The van der Waals surface area contributed by atoms with Crippen LogP contribution in [0.2, 0.25) is 0 Å². The van der Waals surface area contributed by atoms with Gasteiger partial charge in [-0.3, -0.25) is 0 Å². The van der Waals surface area contributed by atoms with Crippen molar-refractivity contribution in [1.82, 2.24) is 13.0 Å². The summed E-state index contributed by atoms with van der Waals surface area (Å²) < 4.78 is 38.1. The number of rotatable bonds is 1. The molecule has 0 aliphatic carbocycles. The molecule has 3 nitrogen and oxygen atoms in total. The Morgan fingerprint density at radius 1 is 1.33 bits per heavy atom. The molecule has 0 amide bonds. The normalized spacial score (nSPS) is 12.0. The third-order valence-corrected chi connectivity index (χ3v) is 3.39. The van der Waals surface area contributed by atoms with Gasteiger partial charge in [-0.05, 0) is 11.4 Å². The number of halogens is 4. The molecule has 0 aliphatic heterocycles. The zero-order valence-electron chi connectivity index (χ0n) is 6.99. The van der Waals surface area contributed by atoms with Gasteiger partial charge in [-0.1, -0.05) is 6.07 Å². The van der Waals surface area contributed by atoms with Crippen molar-refractivity contribution < 1.29 is 13.2 Å². The second kappa shape index (κ2) is 3.74. The van der Waals surface area contributed by atoms with Gasteiger partial charge in [0, 0.05) is 0 Å². The van der Waals surface area contributed by atoms with Gasteiger partial charge in [0.15, 0.2) is 5.82 Å². The van der Waals surface area contributed by atoms with Crippen LogP contribution in [-0.2, 0) is 6.18 Å². The Labute approximate surface area is 100 Å². The second-order valence-corrected chi connectivity index (χ2v) is 4.52. The predicted octanol–water partition coefficient (Wildman–Crippen LogP) is 3.22. The Hall–Kier alpha value is -0.640. The zero-order chi connectivity index (χ0) is 11.1. The standard InChI is InChI=1S/C7H3F3IN3S/c8-7(9,10)6-13-12-5(14(6)11)4-2-1-3-15-4/h1-3H. The van der Waals surface area contributed by atoms with Crippen LogP contribution in [0.3, 0.4) is 0 Å². The molecular formula is C7H3F3IN3S. The molecule has 2 heterocycles. The highest BCUT2D eigenvalue weighted by molar-refractivity contribution is 14.1. The molecule has 80 valence electrons. The first-order valence-electron chi connectivity index (χ1n) is 3.73. The summed E-state index contributed by atoms with van der Waals surface area (Å²) in [6, 6.07) is 3.45. The van der Waals surface area contributed by atoms with Crippen LogP contribution in [0.1, 0.15) is 5.82 Å². The molecule has 0 radical (unpaired) electrons. The molecule has 0 spiro atoms. The molecule has 2 aromatic heterocycles. The molecule has 15 heavy (non-hydrogen) atoms. The summed E-state index contributed by atoms with van der Waals surface area (Å²) in [5.41, 5.74) is 0. The number of hydrogen-bond acceptors (Lipinski definition) is 3. The van der Waals surface area contributed by atoms with E-state index in [9.17, 15) is 13.2 Å². The van der Waals surface area contributed by atoms with Crippen molar-refractivity contribution in [3.05, 3.63) is 23.3 Å². The quantitative estimate of drug-likeness (QED) is 0.743. The summed E-state index contributed by atoms with van der Waals surface area (Å²) in [5.74, 6) is -0.774. The SMILES string of the molecule is FC(F)(F)c1nnc(-c2cccs2)n1I. The van der Waals surface area contributed by atoms with E-state index in [-0.39, 0.29) is 5.82 Å². The maximum atomic E-state index is 12.4. The van der Waals surface area contributed by atoms with Crippen LogP contribution in [0.15, 0.2) is 17.5 Å². The summed E-state index contributed by atoms with van der Waals surface area (Å²) in [6.07, 6.45) is -4.47. The van der Waals surface area contributed by atoms with E-state index in [0.29, 0.717) is 4.88 Å². The van der Waals surface area contributed by atoms with E-state index in [1.807, 2.05) is 0 Å². The van der Waals surface area contributed by atoms with Crippen molar-refractivity contribution in [3.8, 4) is 10.7 Å². The topological polar surface area (TPSA) is 30.7 Å². The lowest BCUT2D eigenvalue weighted by Gasteiger charge is -2.03. The van der Waals surface area contributed by atoms with E-state index in [0.717, 1.165) is 2.78 Å². The van der Waals surface area contributed by atoms with Crippen LogP contribution in [0.25, 0.3) is 10.7 Å². The lowest BCUT2D eigenvalue weighted by Crippen LogP contribution is -2.10. The van der Waals surface area contributed by atoms with Gasteiger partial charge in [-0.15, -0.1) is 21.5 Å². The van der Waals surface area contributed by atoms with Gasteiger partial charge < -0.3 is 0 Å². The first kappa shape index (κ1) is 10.9. The van der Waals surface area contributed by atoms with E-state index in [4.69, 9.17) is 0 Å². The molecule has 0 saturated heterocycles. The smallest absolute Gasteiger partial charge is 0.241 e. The maximum absolute atomic E-state index is 12.4. The molecule has 0 fully saturated rings. The summed E-state index contributed by atoms with van der Waals surface area (Å²) in [5, 5.41) is 8.42. The monoisotopic (exact) mass is 345 g/mol. The molecule has 2 rings (SSSR count). The molecule has 2 aromatic rings. The first-order valence-corrected chi connectivity index (χ1v) is 5.57. The zero-order valence-corrected chi connectivity index (χ0v) is 9.97. The molecule has 0 saturated carbocycles. The number of nitrogens with zero attached hydrogens (tertiary/aromatic N) is 3. The van der Waals surface area contributed by atoms with Crippen molar-refractivity contribution in [2.45, 2.75) is 6.18 Å². The average molecular weight is 345 g/mol.